The molecule has 1 aromatic carbocycles. The third kappa shape index (κ3) is 2.34. The van der Waals surface area contributed by atoms with Crippen molar-refractivity contribution in [1.29, 1.82) is 0 Å². The third-order valence-electron chi connectivity index (χ3n) is 1.79. The molecule has 0 saturated heterocycles. The smallest absolute Gasteiger partial charge is 0.192 e. The van der Waals surface area contributed by atoms with Gasteiger partial charge in [-0.2, -0.15) is 0 Å². The van der Waals surface area contributed by atoms with E-state index in [1.54, 1.807) is 6.07 Å². The van der Waals surface area contributed by atoms with Crippen LogP contribution in [-0.2, 0) is 0 Å². The Bertz CT molecular complexity index is 502. The van der Waals surface area contributed by atoms with Crippen molar-refractivity contribution in [3.63, 3.8) is 0 Å². The van der Waals surface area contributed by atoms with E-state index in [0.717, 1.165) is 0 Å². The molecule has 4 N–H and O–H groups in total. The minimum atomic E-state index is -0.00887. The van der Waals surface area contributed by atoms with Crippen LogP contribution in [0.5, 0.6) is 11.5 Å². The number of nitrogens with two attached hydrogens (primary N) is 1. The zero-order valence-electron chi connectivity index (χ0n) is 8.16. The summed E-state index contributed by atoms with van der Waals surface area (Å²) in [6.07, 6.45) is 2.99. The van der Waals surface area contributed by atoms with Gasteiger partial charge in [0.05, 0.1) is 23.0 Å². The Morgan fingerprint density at radius 1 is 1.12 bits per heavy atom. The van der Waals surface area contributed by atoms with Crippen molar-refractivity contribution in [2.75, 3.05) is 5.73 Å². The highest BCUT2D eigenvalue weighted by molar-refractivity contribution is 7.99. The Morgan fingerprint density at radius 2 is 1.81 bits per heavy atom. The zero-order chi connectivity index (χ0) is 11.5. The van der Waals surface area contributed by atoms with E-state index < -0.39 is 0 Å². The molecule has 0 saturated carbocycles. The lowest BCUT2D eigenvalue weighted by Gasteiger charge is -2.03. The molecular weight excluding hydrogens is 226 g/mol. The minimum Gasteiger partial charge on any atom is -0.508 e. The van der Waals surface area contributed by atoms with Crippen LogP contribution in [0, 0.1) is 0 Å². The first kappa shape index (κ1) is 10.6. The summed E-state index contributed by atoms with van der Waals surface area (Å²) >= 11 is 1.19. The van der Waals surface area contributed by atoms with Crippen LogP contribution in [0.3, 0.4) is 0 Å². The topological polar surface area (TPSA) is 92.3 Å². The lowest BCUT2D eigenvalue weighted by molar-refractivity contribution is 0.442. The number of phenolic OH excluding ortho intramolecular Hbond substituents is 2. The number of rotatable bonds is 2. The Balaban J connectivity index is 2.23. The average molecular weight is 235 g/mol. The summed E-state index contributed by atoms with van der Waals surface area (Å²) in [5.74, 6) is 0.00509. The van der Waals surface area contributed by atoms with Gasteiger partial charge < -0.3 is 15.9 Å². The van der Waals surface area contributed by atoms with Gasteiger partial charge in [-0.25, -0.2) is 9.97 Å². The van der Waals surface area contributed by atoms with Crippen molar-refractivity contribution in [1.82, 2.24) is 9.97 Å². The van der Waals surface area contributed by atoms with E-state index in [9.17, 15) is 5.11 Å². The van der Waals surface area contributed by atoms with Crippen LogP contribution in [0.2, 0.25) is 0 Å². The second kappa shape index (κ2) is 4.28. The maximum absolute atomic E-state index is 9.55. The molecule has 0 radical (unpaired) electrons. The maximum atomic E-state index is 9.55. The normalized spacial score (nSPS) is 10.2. The van der Waals surface area contributed by atoms with Gasteiger partial charge in [0.2, 0.25) is 0 Å². The van der Waals surface area contributed by atoms with Gasteiger partial charge in [0, 0.05) is 6.07 Å². The molecule has 1 aromatic heterocycles. The lowest BCUT2D eigenvalue weighted by Crippen LogP contribution is -1.90. The number of nitrogen functional groups attached to an aromatic ring is 1. The highest BCUT2D eigenvalue weighted by Gasteiger charge is 2.06. The molecule has 2 rings (SSSR count). The summed E-state index contributed by atoms with van der Waals surface area (Å²) in [7, 11) is 0. The van der Waals surface area contributed by atoms with Crippen LogP contribution in [0.25, 0.3) is 0 Å². The zero-order valence-corrected chi connectivity index (χ0v) is 8.98. The Morgan fingerprint density at radius 3 is 2.44 bits per heavy atom. The van der Waals surface area contributed by atoms with E-state index in [4.69, 9.17) is 10.8 Å². The number of aromatic hydroxyl groups is 2. The Hall–Kier alpha value is -1.95. The van der Waals surface area contributed by atoms with Crippen LogP contribution in [-0.4, -0.2) is 20.2 Å². The van der Waals surface area contributed by atoms with Gasteiger partial charge in [-0.05, 0) is 23.9 Å². The van der Waals surface area contributed by atoms with Crippen LogP contribution in [0.15, 0.2) is 40.6 Å². The van der Waals surface area contributed by atoms with Gasteiger partial charge in [-0.15, -0.1) is 0 Å². The van der Waals surface area contributed by atoms with Crippen LogP contribution < -0.4 is 5.73 Å². The second-order valence-electron chi connectivity index (χ2n) is 3.05. The molecule has 0 unspecified atom stereocenters. The SMILES string of the molecule is Nc1cnc(Sc2ccc(O)cc2O)nc1. The van der Waals surface area contributed by atoms with Crippen LogP contribution in [0.4, 0.5) is 5.69 Å². The highest BCUT2D eigenvalue weighted by atomic mass is 32.2. The van der Waals surface area contributed by atoms with Crippen molar-refractivity contribution in [3.8, 4) is 11.5 Å². The number of anilines is 1. The molecule has 5 nitrogen and oxygen atoms in total. The quantitative estimate of drug-likeness (QED) is 0.685. The van der Waals surface area contributed by atoms with Gasteiger partial charge in [0.1, 0.15) is 11.5 Å². The van der Waals surface area contributed by atoms with Gasteiger partial charge in [-0.3, -0.25) is 0 Å². The summed E-state index contributed by atoms with van der Waals surface area (Å²) in [6.45, 7) is 0. The molecule has 2 aromatic rings. The summed E-state index contributed by atoms with van der Waals surface area (Å²) in [5, 5.41) is 19.2. The number of nitrogens with zero attached hydrogens (tertiary/aromatic N) is 2. The Labute approximate surface area is 96.0 Å². The van der Waals surface area contributed by atoms with E-state index in [2.05, 4.69) is 9.97 Å². The fraction of sp³-hybridized carbons (Fsp3) is 0. The number of aromatic nitrogens is 2. The van der Waals surface area contributed by atoms with Crippen LogP contribution >= 0.6 is 11.8 Å². The number of hydrogen-bond acceptors (Lipinski definition) is 6. The molecule has 0 amide bonds. The summed E-state index contributed by atoms with van der Waals surface area (Å²) < 4.78 is 0. The summed E-state index contributed by atoms with van der Waals surface area (Å²) in [6, 6.07) is 4.34. The first-order valence-electron chi connectivity index (χ1n) is 4.42. The Kier molecular flexibility index (Phi) is 2.82. The molecule has 16 heavy (non-hydrogen) atoms. The number of phenols is 2. The first-order valence-corrected chi connectivity index (χ1v) is 5.24. The first-order chi connectivity index (χ1) is 7.65. The lowest BCUT2D eigenvalue weighted by atomic mass is 10.3. The fourth-order valence-corrected chi connectivity index (χ4v) is 1.78. The maximum Gasteiger partial charge on any atom is 0.192 e. The largest absolute Gasteiger partial charge is 0.508 e. The molecule has 0 fully saturated rings. The second-order valence-corrected chi connectivity index (χ2v) is 4.06. The standard InChI is InChI=1S/C10H9N3O2S/c11-6-4-12-10(13-5-6)16-9-2-1-7(14)3-8(9)15/h1-5,14-15H,11H2. The van der Waals surface area contributed by atoms with Crippen molar-refractivity contribution < 1.29 is 10.2 Å². The monoisotopic (exact) mass is 235 g/mol. The molecule has 82 valence electrons. The van der Waals surface area contributed by atoms with Gasteiger partial charge >= 0.3 is 0 Å². The number of hydrogen-bond donors (Lipinski definition) is 3. The van der Waals surface area contributed by atoms with E-state index in [1.165, 1.54) is 36.3 Å². The summed E-state index contributed by atoms with van der Waals surface area (Å²) in [4.78, 5) is 8.55. The fourth-order valence-electron chi connectivity index (χ4n) is 1.07. The van der Waals surface area contributed by atoms with Crippen molar-refractivity contribution in [2.24, 2.45) is 0 Å². The van der Waals surface area contributed by atoms with Crippen LogP contribution in [0.1, 0.15) is 0 Å². The van der Waals surface area contributed by atoms with E-state index in [1.807, 2.05) is 0 Å². The molecule has 0 aliphatic carbocycles. The molecular formula is C10H9N3O2S. The molecule has 0 bridgehead atoms. The predicted octanol–water partition coefficient (Wildman–Crippen LogP) is 1.62. The van der Waals surface area contributed by atoms with E-state index >= 15 is 0 Å². The van der Waals surface area contributed by atoms with E-state index in [0.29, 0.717) is 15.7 Å². The van der Waals surface area contributed by atoms with E-state index in [-0.39, 0.29) is 11.5 Å². The van der Waals surface area contributed by atoms with Gasteiger partial charge in [-0.1, -0.05) is 0 Å². The molecule has 0 aliphatic heterocycles. The number of benzene rings is 1. The molecule has 0 aliphatic rings. The molecule has 1 heterocycles. The molecule has 0 spiro atoms. The third-order valence-corrected chi connectivity index (χ3v) is 2.75. The van der Waals surface area contributed by atoms with Crippen molar-refractivity contribution in [3.05, 3.63) is 30.6 Å². The predicted molar refractivity (Wildman–Crippen MR) is 60.3 cm³/mol. The van der Waals surface area contributed by atoms with Gasteiger partial charge in [0.25, 0.3) is 0 Å². The minimum absolute atomic E-state index is 0.00887. The van der Waals surface area contributed by atoms with Crippen molar-refractivity contribution in [2.45, 2.75) is 10.1 Å². The highest BCUT2D eigenvalue weighted by Crippen LogP contribution is 2.34. The summed E-state index contributed by atoms with van der Waals surface area (Å²) in [5.41, 5.74) is 5.94. The molecule has 0 atom stereocenters. The van der Waals surface area contributed by atoms with Crippen molar-refractivity contribution >= 4 is 17.4 Å². The average Bonchev–Trinajstić information content (AvgIpc) is 2.25. The van der Waals surface area contributed by atoms with Gasteiger partial charge in [0.15, 0.2) is 5.16 Å². The molecule has 6 heteroatoms.